The average Bonchev–Trinajstić information content (AvgIpc) is 2.34. The zero-order chi connectivity index (χ0) is 13.5. The van der Waals surface area contributed by atoms with Crippen LogP contribution in [0.4, 0.5) is 5.69 Å². The Morgan fingerprint density at radius 1 is 1.33 bits per heavy atom. The number of pyridine rings is 1. The summed E-state index contributed by atoms with van der Waals surface area (Å²) >= 11 is 0. The maximum Gasteiger partial charge on any atom is 0.250 e. The van der Waals surface area contributed by atoms with Gasteiger partial charge in [0.05, 0.1) is 5.69 Å². The van der Waals surface area contributed by atoms with Gasteiger partial charge in [-0.2, -0.15) is 0 Å². The molecule has 0 fully saturated rings. The van der Waals surface area contributed by atoms with Crippen LogP contribution in [0.15, 0.2) is 23.1 Å². The van der Waals surface area contributed by atoms with Crippen LogP contribution in [0, 0.1) is 5.92 Å². The van der Waals surface area contributed by atoms with E-state index in [2.05, 4.69) is 12.2 Å². The van der Waals surface area contributed by atoms with Crippen LogP contribution in [0.2, 0.25) is 0 Å². The zero-order valence-electron chi connectivity index (χ0n) is 11.4. The standard InChI is InChI=1S/C14H22N2O2/c1-4-6-11(3)14(18)15-12-7-8-13(17)16(10-12)9-5-2/h7-8,10-11H,4-6,9H2,1-3H3,(H,15,18). The molecule has 1 aromatic heterocycles. The van der Waals surface area contributed by atoms with Crippen molar-refractivity contribution in [2.45, 2.75) is 46.6 Å². The normalized spacial score (nSPS) is 12.2. The van der Waals surface area contributed by atoms with Crippen molar-refractivity contribution in [3.63, 3.8) is 0 Å². The third kappa shape index (κ3) is 4.02. The van der Waals surface area contributed by atoms with Gasteiger partial charge < -0.3 is 9.88 Å². The van der Waals surface area contributed by atoms with Crippen molar-refractivity contribution in [1.82, 2.24) is 4.57 Å². The Hall–Kier alpha value is -1.58. The van der Waals surface area contributed by atoms with E-state index in [1.54, 1.807) is 16.8 Å². The predicted molar refractivity (Wildman–Crippen MR) is 73.7 cm³/mol. The number of rotatable bonds is 6. The topological polar surface area (TPSA) is 51.1 Å². The van der Waals surface area contributed by atoms with Crippen LogP contribution in [0.3, 0.4) is 0 Å². The van der Waals surface area contributed by atoms with Gasteiger partial charge in [0.2, 0.25) is 5.91 Å². The van der Waals surface area contributed by atoms with E-state index in [1.165, 1.54) is 6.07 Å². The highest BCUT2D eigenvalue weighted by atomic mass is 16.2. The predicted octanol–water partition coefficient (Wildman–Crippen LogP) is 2.63. The first-order chi connectivity index (χ1) is 8.58. The van der Waals surface area contributed by atoms with E-state index in [0.29, 0.717) is 12.2 Å². The monoisotopic (exact) mass is 250 g/mol. The minimum absolute atomic E-state index is 0.00144. The molecule has 18 heavy (non-hydrogen) atoms. The molecule has 0 aliphatic heterocycles. The lowest BCUT2D eigenvalue weighted by Crippen LogP contribution is -2.23. The number of carbonyl (C=O) groups excluding carboxylic acids is 1. The second kappa shape index (κ2) is 6.99. The Kier molecular flexibility index (Phi) is 5.62. The van der Waals surface area contributed by atoms with Gasteiger partial charge in [0.25, 0.3) is 5.56 Å². The first kappa shape index (κ1) is 14.5. The third-order valence-corrected chi connectivity index (χ3v) is 2.88. The Bertz CT molecular complexity index is 451. The van der Waals surface area contributed by atoms with Crippen molar-refractivity contribution in [3.05, 3.63) is 28.7 Å². The largest absolute Gasteiger partial charge is 0.325 e. The van der Waals surface area contributed by atoms with Crippen molar-refractivity contribution < 1.29 is 4.79 Å². The Morgan fingerprint density at radius 3 is 2.67 bits per heavy atom. The molecule has 1 aromatic rings. The van der Waals surface area contributed by atoms with Crippen molar-refractivity contribution in [2.24, 2.45) is 5.92 Å². The molecule has 4 nitrogen and oxygen atoms in total. The molecule has 0 saturated heterocycles. The Labute approximate surface area is 108 Å². The molecular formula is C14H22N2O2. The van der Waals surface area contributed by atoms with Crippen LogP contribution in [-0.2, 0) is 11.3 Å². The smallest absolute Gasteiger partial charge is 0.250 e. The van der Waals surface area contributed by atoms with E-state index in [1.807, 2.05) is 13.8 Å². The summed E-state index contributed by atoms with van der Waals surface area (Å²) in [6, 6.07) is 3.15. The van der Waals surface area contributed by atoms with Gasteiger partial charge in [0, 0.05) is 24.7 Å². The molecule has 1 N–H and O–H groups in total. The maximum atomic E-state index is 11.9. The minimum atomic E-state index is -0.0311. The summed E-state index contributed by atoms with van der Waals surface area (Å²) in [6.45, 7) is 6.67. The lowest BCUT2D eigenvalue weighted by Gasteiger charge is -2.12. The molecule has 0 radical (unpaired) electrons. The van der Waals surface area contributed by atoms with Crippen LogP contribution in [0.25, 0.3) is 0 Å². The molecule has 0 aliphatic rings. The second-order valence-electron chi connectivity index (χ2n) is 4.63. The summed E-state index contributed by atoms with van der Waals surface area (Å²) in [5, 5.41) is 2.85. The van der Waals surface area contributed by atoms with Gasteiger partial charge in [-0.1, -0.05) is 27.2 Å². The van der Waals surface area contributed by atoms with Gasteiger partial charge in [-0.05, 0) is 18.9 Å². The van der Waals surface area contributed by atoms with Crippen molar-refractivity contribution >= 4 is 11.6 Å². The molecule has 1 heterocycles. The van der Waals surface area contributed by atoms with Crippen molar-refractivity contribution in [1.29, 1.82) is 0 Å². The van der Waals surface area contributed by atoms with Gasteiger partial charge >= 0.3 is 0 Å². The van der Waals surface area contributed by atoms with Gasteiger partial charge in [-0.15, -0.1) is 0 Å². The number of hydrogen-bond donors (Lipinski definition) is 1. The Morgan fingerprint density at radius 2 is 2.06 bits per heavy atom. The highest BCUT2D eigenvalue weighted by Gasteiger charge is 2.12. The first-order valence-electron chi connectivity index (χ1n) is 6.59. The fourth-order valence-electron chi connectivity index (χ4n) is 1.85. The minimum Gasteiger partial charge on any atom is -0.325 e. The molecule has 1 unspecified atom stereocenters. The first-order valence-corrected chi connectivity index (χ1v) is 6.59. The molecule has 1 amide bonds. The van der Waals surface area contributed by atoms with E-state index in [4.69, 9.17) is 0 Å². The highest BCUT2D eigenvalue weighted by molar-refractivity contribution is 5.92. The van der Waals surface area contributed by atoms with E-state index >= 15 is 0 Å². The van der Waals surface area contributed by atoms with Crippen LogP contribution >= 0.6 is 0 Å². The fourth-order valence-corrected chi connectivity index (χ4v) is 1.85. The number of nitrogens with zero attached hydrogens (tertiary/aromatic N) is 1. The molecular weight excluding hydrogens is 228 g/mol. The number of anilines is 1. The molecule has 0 aromatic carbocycles. The quantitative estimate of drug-likeness (QED) is 0.843. The molecule has 0 saturated carbocycles. The van der Waals surface area contributed by atoms with E-state index in [-0.39, 0.29) is 17.4 Å². The van der Waals surface area contributed by atoms with Crippen molar-refractivity contribution in [2.75, 3.05) is 5.32 Å². The summed E-state index contributed by atoms with van der Waals surface area (Å²) in [7, 11) is 0. The summed E-state index contributed by atoms with van der Waals surface area (Å²) < 4.78 is 1.63. The summed E-state index contributed by atoms with van der Waals surface area (Å²) in [4.78, 5) is 23.4. The molecule has 1 atom stereocenters. The number of amides is 1. The highest BCUT2D eigenvalue weighted by Crippen LogP contribution is 2.10. The maximum absolute atomic E-state index is 11.9. The van der Waals surface area contributed by atoms with Crippen LogP contribution in [0.5, 0.6) is 0 Å². The van der Waals surface area contributed by atoms with Gasteiger partial charge in [-0.3, -0.25) is 9.59 Å². The van der Waals surface area contributed by atoms with E-state index < -0.39 is 0 Å². The van der Waals surface area contributed by atoms with E-state index in [9.17, 15) is 9.59 Å². The molecule has 4 heteroatoms. The number of aromatic nitrogens is 1. The summed E-state index contributed by atoms with van der Waals surface area (Å²) in [5.41, 5.74) is 0.660. The third-order valence-electron chi connectivity index (χ3n) is 2.88. The number of nitrogens with one attached hydrogen (secondary N) is 1. The van der Waals surface area contributed by atoms with E-state index in [0.717, 1.165) is 19.3 Å². The summed E-state index contributed by atoms with van der Waals surface area (Å²) in [5.74, 6) is 0.0140. The number of carbonyl (C=O) groups is 1. The lowest BCUT2D eigenvalue weighted by molar-refractivity contribution is -0.119. The van der Waals surface area contributed by atoms with Gasteiger partial charge in [0.15, 0.2) is 0 Å². The van der Waals surface area contributed by atoms with Crippen LogP contribution in [0.1, 0.15) is 40.0 Å². The molecule has 0 spiro atoms. The zero-order valence-corrected chi connectivity index (χ0v) is 11.4. The lowest BCUT2D eigenvalue weighted by atomic mass is 10.1. The molecule has 0 aliphatic carbocycles. The summed E-state index contributed by atoms with van der Waals surface area (Å²) in [6.07, 6.45) is 4.47. The van der Waals surface area contributed by atoms with Gasteiger partial charge in [0.1, 0.15) is 0 Å². The Balaban J connectivity index is 2.76. The number of hydrogen-bond acceptors (Lipinski definition) is 2. The average molecular weight is 250 g/mol. The fraction of sp³-hybridized carbons (Fsp3) is 0.571. The number of aryl methyl sites for hydroxylation is 1. The van der Waals surface area contributed by atoms with Gasteiger partial charge in [-0.25, -0.2) is 0 Å². The second-order valence-corrected chi connectivity index (χ2v) is 4.63. The molecule has 0 bridgehead atoms. The van der Waals surface area contributed by atoms with Crippen LogP contribution < -0.4 is 10.9 Å². The van der Waals surface area contributed by atoms with Crippen LogP contribution in [-0.4, -0.2) is 10.5 Å². The molecule has 100 valence electrons. The SMILES string of the molecule is CCCC(C)C(=O)Nc1ccc(=O)n(CCC)c1. The van der Waals surface area contributed by atoms with Crippen molar-refractivity contribution in [3.8, 4) is 0 Å². The molecule has 1 rings (SSSR count).